The van der Waals surface area contributed by atoms with Gasteiger partial charge in [0, 0.05) is 15.8 Å². The van der Waals surface area contributed by atoms with E-state index in [-0.39, 0.29) is 12.5 Å². The van der Waals surface area contributed by atoms with Gasteiger partial charge in [-0.1, -0.05) is 23.7 Å². The number of aliphatic hydroxyl groups excluding tert-OH is 1. The number of aliphatic hydroxyl groups is 1. The maximum Gasteiger partial charge on any atom is 0.0701 e. The summed E-state index contributed by atoms with van der Waals surface area (Å²) in [7, 11) is 0. The zero-order chi connectivity index (χ0) is 12.3. The molecule has 17 heavy (non-hydrogen) atoms. The van der Waals surface area contributed by atoms with Crippen LogP contribution in [0.4, 0.5) is 0 Å². The molecule has 0 spiro atoms. The van der Waals surface area contributed by atoms with Gasteiger partial charge in [-0.15, -0.1) is 11.3 Å². The minimum atomic E-state index is 0.137. The molecule has 0 saturated carbocycles. The lowest BCUT2D eigenvalue weighted by atomic mass is 9.96. The Labute approximate surface area is 118 Å². The van der Waals surface area contributed by atoms with E-state index in [1.54, 1.807) is 11.3 Å². The summed E-state index contributed by atoms with van der Waals surface area (Å²) in [6, 6.07) is 11.8. The van der Waals surface area contributed by atoms with E-state index in [4.69, 9.17) is 11.6 Å². The van der Waals surface area contributed by atoms with Gasteiger partial charge >= 0.3 is 0 Å². The lowest BCUT2D eigenvalue weighted by molar-refractivity contribution is 0.265. The Kier molecular flexibility index (Phi) is 4.62. The van der Waals surface area contributed by atoms with Crippen LogP contribution in [0.3, 0.4) is 0 Å². The molecule has 0 amide bonds. The third-order valence-corrected chi connectivity index (χ3v) is 4.54. The van der Waals surface area contributed by atoms with Crippen molar-refractivity contribution in [1.29, 1.82) is 0 Å². The number of halogens is 2. The first-order chi connectivity index (χ1) is 8.19. The van der Waals surface area contributed by atoms with E-state index in [2.05, 4.69) is 22.0 Å². The van der Waals surface area contributed by atoms with Crippen LogP contribution in [0.5, 0.6) is 0 Å². The third kappa shape index (κ3) is 3.55. The van der Waals surface area contributed by atoms with E-state index >= 15 is 0 Å². The zero-order valence-electron chi connectivity index (χ0n) is 9.07. The second-order valence-electron chi connectivity index (χ2n) is 3.84. The van der Waals surface area contributed by atoms with Crippen molar-refractivity contribution in [3.05, 3.63) is 55.6 Å². The van der Waals surface area contributed by atoms with Crippen molar-refractivity contribution in [3.8, 4) is 0 Å². The molecule has 1 N–H and O–H groups in total. The van der Waals surface area contributed by atoms with Crippen molar-refractivity contribution in [3.63, 3.8) is 0 Å². The summed E-state index contributed by atoms with van der Waals surface area (Å²) >= 11 is 11.0. The monoisotopic (exact) mass is 330 g/mol. The van der Waals surface area contributed by atoms with Crippen molar-refractivity contribution >= 4 is 38.9 Å². The number of hydrogen-bond donors (Lipinski definition) is 1. The first-order valence-corrected chi connectivity index (χ1v) is 7.28. The van der Waals surface area contributed by atoms with Crippen LogP contribution < -0.4 is 0 Å². The molecule has 0 aliphatic carbocycles. The highest BCUT2D eigenvalue weighted by molar-refractivity contribution is 9.11. The Hall–Kier alpha value is -0.350. The van der Waals surface area contributed by atoms with Crippen molar-refractivity contribution in [1.82, 2.24) is 0 Å². The highest BCUT2D eigenvalue weighted by Gasteiger charge is 2.12. The maximum atomic E-state index is 9.48. The van der Waals surface area contributed by atoms with Gasteiger partial charge in [0.15, 0.2) is 0 Å². The van der Waals surface area contributed by atoms with Crippen LogP contribution in [-0.2, 0) is 6.42 Å². The fourth-order valence-electron chi connectivity index (χ4n) is 1.73. The zero-order valence-corrected chi connectivity index (χ0v) is 12.2. The number of hydrogen-bond acceptors (Lipinski definition) is 2. The van der Waals surface area contributed by atoms with E-state index in [0.29, 0.717) is 0 Å². The van der Waals surface area contributed by atoms with E-state index in [9.17, 15) is 5.11 Å². The van der Waals surface area contributed by atoms with Gasteiger partial charge in [0.1, 0.15) is 0 Å². The van der Waals surface area contributed by atoms with Gasteiger partial charge in [0.05, 0.1) is 10.4 Å². The summed E-state index contributed by atoms with van der Waals surface area (Å²) in [6.45, 7) is 0.150. The van der Waals surface area contributed by atoms with Crippen LogP contribution in [0.1, 0.15) is 16.4 Å². The van der Waals surface area contributed by atoms with Crippen molar-refractivity contribution in [2.75, 3.05) is 6.61 Å². The number of benzene rings is 1. The summed E-state index contributed by atoms with van der Waals surface area (Å²) in [6.07, 6.45) is 0.856. The molecule has 1 nitrogen and oxygen atoms in total. The van der Waals surface area contributed by atoms with Crippen LogP contribution in [0.2, 0.25) is 5.02 Å². The first kappa shape index (κ1) is 13.1. The fraction of sp³-hybridized carbons (Fsp3) is 0.231. The van der Waals surface area contributed by atoms with E-state index < -0.39 is 0 Å². The van der Waals surface area contributed by atoms with Crippen LogP contribution in [-0.4, -0.2) is 11.7 Å². The van der Waals surface area contributed by atoms with Crippen LogP contribution in [0, 0.1) is 0 Å². The molecule has 0 aliphatic rings. The van der Waals surface area contributed by atoms with Gasteiger partial charge in [0.25, 0.3) is 0 Å². The molecular weight excluding hydrogens is 320 g/mol. The van der Waals surface area contributed by atoms with E-state index in [1.165, 1.54) is 4.88 Å². The van der Waals surface area contributed by atoms with E-state index in [1.807, 2.05) is 30.3 Å². The van der Waals surface area contributed by atoms with E-state index in [0.717, 1.165) is 20.8 Å². The topological polar surface area (TPSA) is 20.2 Å². The second-order valence-corrected chi connectivity index (χ2v) is 6.82. The minimum Gasteiger partial charge on any atom is -0.396 e. The van der Waals surface area contributed by atoms with Gasteiger partial charge in [-0.25, -0.2) is 0 Å². The molecule has 0 radical (unpaired) electrons. The molecule has 2 aromatic rings. The molecule has 1 unspecified atom stereocenters. The Morgan fingerprint density at radius 2 is 1.88 bits per heavy atom. The van der Waals surface area contributed by atoms with Crippen LogP contribution >= 0.6 is 38.9 Å². The van der Waals surface area contributed by atoms with Crippen LogP contribution in [0.25, 0.3) is 0 Å². The van der Waals surface area contributed by atoms with Crippen molar-refractivity contribution < 1.29 is 5.11 Å². The molecule has 0 aliphatic heterocycles. The van der Waals surface area contributed by atoms with Gasteiger partial charge < -0.3 is 5.11 Å². The normalized spacial score (nSPS) is 12.6. The fourth-order valence-corrected chi connectivity index (χ4v) is 3.42. The molecule has 4 heteroatoms. The Morgan fingerprint density at radius 1 is 1.18 bits per heavy atom. The molecule has 2 rings (SSSR count). The second kappa shape index (κ2) is 6.01. The first-order valence-electron chi connectivity index (χ1n) is 5.29. The highest BCUT2D eigenvalue weighted by atomic mass is 79.9. The Bertz CT molecular complexity index is 480. The quantitative estimate of drug-likeness (QED) is 0.875. The molecule has 0 saturated heterocycles. The smallest absolute Gasteiger partial charge is 0.0701 e. The number of rotatable bonds is 4. The molecule has 90 valence electrons. The molecular formula is C13H12BrClOS. The molecule has 1 aromatic carbocycles. The average Bonchev–Trinajstić information content (AvgIpc) is 2.73. The van der Waals surface area contributed by atoms with Gasteiger partial charge in [-0.3, -0.25) is 0 Å². The molecule has 0 fully saturated rings. The summed E-state index contributed by atoms with van der Waals surface area (Å²) < 4.78 is 1.13. The van der Waals surface area contributed by atoms with Crippen molar-refractivity contribution in [2.24, 2.45) is 0 Å². The summed E-state index contributed by atoms with van der Waals surface area (Å²) in [5.41, 5.74) is 1.13. The largest absolute Gasteiger partial charge is 0.396 e. The molecule has 1 aromatic heterocycles. The number of thiophene rings is 1. The summed E-state index contributed by atoms with van der Waals surface area (Å²) in [4.78, 5) is 1.27. The van der Waals surface area contributed by atoms with Crippen molar-refractivity contribution in [2.45, 2.75) is 12.3 Å². The minimum absolute atomic E-state index is 0.137. The Balaban J connectivity index is 2.13. The maximum absolute atomic E-state index is 9.48. The predicted molar refractivity (Wildman–Crippen MR) is 77.0 cm³/mol. The Morgan fingerprint density at radius 3 is 2.41 bits per heavy atom. The lowest BCUT2D eigenvalue weighted by Gasteiger charge is -2.13. The lowest BCUT2D eigenvalue weighted by Crippen LogP contribution is -2.06. The van der Waals surface area contributed by atoms with Gasteiger partial charge in [-0.2, -0.15) is 0 Å². The molecule has 0 bridgehead atoms. The van der Waals surface area contributed by atoms with Gasteiger partial charge in [-0.05, 0) is 52.2 Å². The average molecular weight is 332 g/mol. The summed E-state index contributed by atoms with van der Waals surface area (Å²) in [5, 5.41) is 10.2. The summed E-state index contributed by atoms with van der Waals surface area (Å²) in [5.74, 6) is 0.137. The molecule has 1 heterocycles. The predicted octanol–water partition coefficient (Wildman–Crippen LogP) is 4.48. The molecule has 1 atom stereocenters. The SMILES string of the molecule is OCC(Cc1ccc(Br)s1)c1ccc(Cl)cc1. The van der Waals surface area contributed by atoms with Gasteiger partial charge in [0.2, 0.25) is 0 Å². The van der Waals surface area contributed by atoms with Crippen LogP contribution in [0.15, 0.2) is 40.2 Å². The third-order valence-electron chi connectivity index (χ3n) is 2.64. The standard InChI is InChI=1S/C13H12BrClOS/c14-13-6-5-12(17-13)7-10(8-16)9-1-3-11(15)4-2-9/h1-6,10,16H,7-8H2. The highest BCUT2D eigenvalue weighted by Crippen LogP contribution is 2.28.